The zero-order chi connectivity index (χ0) is 12.3. The first-order valence-corrected chi connectivity index (χ1v) is 6.02. The minimum absolute atomic E-state index is 0.0805. The van der Waals surface area contributed by atoms with Crippen LogP contribution in [0.5, 0.6) is 0 Å². The molecular formula is C13H18N2O2. The van der Waals surface area contributed by atoms with E-state index in [0.717, 1.165) is 18.8 Å². The molecule has 17 heavy (non-hydrogen) atoms. The molecule has 92 valence electrons. The van der Waals surface area contributed by atoms with E-state index in [2.05, 4.69) is 16.0 Å². The van der Waals surface area contributed by atoms with E-state index in [4.69, 9.17) is 4.74 Å². The van der Waals surface area contributed by atoms with E-state index in [9.17, 15) is 4.79 Å². The standard InChI is InChI=1S/C13H18N2O2/c1-3-17-13(16)7-11-8-15(9-11)12-4-5-14-10(2)6-12/h4-6,11H,3,7-9H2,1-2H3. The number of aromatic nitrogens is 1. The van der Waals surface area contributed by atoms with Gasteiger partial charge < -0.3 is 9.64 Å². The van der Waals surface area contributed by atoms with Gasteiger partial charge in [0.2, 0.25) is 0 Å². The van der Waals surface area contributed by atoms with Gasteiger partial charge in [0, 0.05) is 36.6 Å². The van der Waals surface area contributed by atoms with Gasteiger partial charge in [-0.1, -0.05) is 0 Å². The Morgan fingerprint density at radius 3 is 3.00 bits per heavy atom. The van der Waals surface area contributed by atoms with Crippen molar-refractivity contribution in [1.82, 2.24) is 4.98 Å². The largest absolute Gasteiger partial charge is 0.466 e. The second-order valence-electron chi connectivity index (χ2n) is 4.44. The van der Waals surface area contributed by atoms with Crippen molar-refractivity contribution >= 4 is 11.7 Å². The molecule has 0 bridgehead atoms. The first-order valence-electron chi connectivity index (χ1n) is 6.02. The molecule has 0 N–H and O–H groups in total. The second kappa shape index (κ2) is 5.17. The van der Waals surface area contributed by atoms with E-state index < -0.39 is 0 Å². The number of aryl methyl sites for hydroxylation is 1. The Balaban J connectivity index is 1.81. The van der Waals surface area contributed by atoms with Crippen molar-refractivity contribution in [3.05, 3.63) is 24.0 Å². The first-order chi connectivity index (χ1) is 8.19. The highest BCUT2D eigenvalue weighted by Gasteiger charge is 2.29. The Bertz CT molecular complexity index is 400. The fourth-order valence-corrected chi connectivity index (χ4v) is 2.09. The molecule has 4 nitrogen and oxygen atoms in total. The van der Waals surface area contributed by atoms with E-state index >= 15 is 0 Å². The quantitative estimate of drug-likeness (QED) is 0.745. The molecule has 0 aromatic carbocycles. The van der Waals surface area contributed by atoms with Crippen LogP contribution in [0.2, 0.25) is 0 Å². The van der Waals surface area contributed by atoms with Gasteiger partial charge in [0.1, 0.15) is 0 Å². The third-order valence-electron chi connectivity index (χ3n) is 2.96. The van der Waals surface area contributed by atoms with Crippen molar-refractivity contribution in [1.29, 1.82) is 0 Å². The number of pyridine rings is 1. The fraction of sp³-hybridized carbons (Fsp3) is 0.538. The normalized spacial score (nSPS) is 15.5. The van der Waals surface area contributed by atoms with Crippen LogP contribution in [0.4, 0.5) is 5.69 Å². The molecule has 1 saturated heterocycles. The van der Waals surface area contributed by atoms with Gasteiger partial charge in [0.15, 0.2) is 0 Å². The molecule has 0 unspecified atom stereocenters. The summed E-state index contributed by atoms with van der Waals surface area (Å²) in [6.45, 7) is 6.16. The summed E-state index contributed by atoms with van der Waals surface area (Å²) >= 11 is 0. The molecule has 1 fully saturated rings. The lowest BCUT2D eigenvalue weighted by Crippen LogP contribution is -2.47. The minimum atomic E-state index is -0.0805. The summed E-state index contributed by atoms with van der Waals surface area (Å²) in [4.78, 5) is 17.7. The minimum Gasteiger partial charge on any atom is -0.466 e. The molecule has 0 aliphatic carbocycles. The van der Waals surface area contributed by atoms with E-state index in [1.807, 2.05) is 26.1 Å². The van der Waals surface area contributed by atoms with Gasteiger partial charge >= 0.3 is 5.97 Å². The maximum absolute atomic E-state index is 11.3. The number of esters is 1. The van der Waals surface area contributed by atoms with Gasteiger partial charge in [-0.15, -0.1) is 0 Å². The summed E-state index contributed by atoms with van der Waals surface area (Å²) in [6.07, 6.45) is 2.36. The third-order valence-corrected chi connectivity index (χ3v) is 2.96. The monoisotopic (exact) mass is 234 g/mol. The van der Waals surface area contributed by atoms with Crippen LogP contribution in [0.15, 0.2) is 18.3 Å². The molecule has 2 rings (SSSR count). The number of anilines is 1. The molecule has 1 aromatic rings. The molecule has 4 heteroatoms. The Morgan fingerprint density at radius 1 is 1.59 bits per heavy atom. The van der Waals surface area contributed by atoms with Crippen LogP contribution < -0.4 is 4.90 Å². The summed E-state index contributed by atoms with van der Waals surface area (Å²) in [5.41, 5.74) is 2.22. The highest BCUT2D eigenvalue weighted by atomic mass is 16.5. The maximum Gasteiger partial charge on any atom is 0.306 e. The molecule has 1 aliphatic rings. The smallest absolute Gasteiger partial charge is 0.306 e. The summed E-state index contributed by atoms with van der Waals surface area (Å²) in [5.74, 6) is 0.352. The van der Waals surface area contributed by atoms with Crippen molar-refractivity contribution in [2.45, 2.75) is 20.3 Å². The molecule has 0 radical (unpaired) electrons. The number of ether oxygens (including phenoxy) is 1. The van der Waals surface area contributed by atoms with Crippen LogP contribution in [-0.2, 0) is 9.53 Å². The van der Waals surface area contributed by atoms with Gasteiger partial charge in [-0.2, -0.15) is 0 Å². The Labute approximate surface area is 102 Å². The zero-order valence-electron chi connectivity index (χ0n) is 10.3. The number of nitrogens with zero attached hydrogens (tertiary/aromatic N) is 2. The van der Waals surface area contributed by atoms with Crippen molar-refractivity contribution in [3.63, 3.8) is 0 Å². The molecule has 0 spiro atoms. The zero-order valence-corrected chi connectivity index (χ0v) is 10.3. The average molecular weight is 234 g/mol. The van der Waals surface area contributed by atoms with Crippen molar-refractivity contribution in [3.8, 4) is 0 Å². The third kappa shape index (κ3) is 2.96. The van der Waals surface area contributed by atoms with Gasteiger partial charge in [-0.05, 0) is 26.0 Å². The second-order valence-corrected chi connectivity index (χ2v) is 4.44. The number of hydrogen-bond acceptors (Lipinski definition) is 4. The number of carbonyl (C=O) groups excluding carboxylic acids is 1. The number of hydrogen-bond donors (Lipinski definition) is 0. The fourth-order valence-electron chi connectivity index (χ4n) is 2.09. The Hall–Kier alpha value is -1.58. The topological polar surface area (TPSA) is 42.4 Å². The Kier molecular flexibility index (Phi) is 3.61. The maximum atomic E-state index is 11.3. The van der Waals surface area contributed by atoms with E-state index in [0.29, 0.717) is 18.9 Å². The van der Waals surface area contributed by atoms with Crippen molar-refractivity contribution < 1.29 is 9.53 Å². The van der Waals surface area contributed by atoms with Crippen molar-refractivity contribution in [2.24, 2.45) is 5.92 Å². The molecule has 0 atom stereocenters. The Morgan fingerprint density at radius 2 is 2.35 bits per heavy atom. The van der Waals surface area contributed by atoms with Crippen LogP contribution >= 0.6 is 0 Å². The van der Waals surface area contributed by atoms with E-state index in [1.165, 1.54) is 5.69 Å². The molecular weight excluding hydrogens is 216 g/mol. The lowest BCUT2D eigenvalue weighted by molar-refractivity contribution is -0.144. The predicted octanol–water partition coefficient (Wildman–Crippen LogP) is 1.78. The lowest BCUT2D eigenvalue weighted by Gasteiger charge is -2.40. The lowest BCUT2D eigenvalue weighted by atomic mass is 9.96. The highest BCUT2D eigenvalue weighted by Crippen LogP contribution is 2.26. The molecule has 2 heterocycles. The number of carbonyl (C=O) groups is 1. The van der Waals surface area contributed by atoms with Crippen LogP contribution in [-0.4, -0.2) is 30.6 Å². The molecule has 1 aromatic heterocycles. The summed E-state index contributed by atoms with van der Waals surface area (Å²) in [5, 5.41) is 0. The van der Waals surface area contributed by atoms with Crippen LogP contribution in [0.1, 0.15) is 19.0 Å². The average Bonchev–Trinajstić information content (AvgIpc) is 2.23. The van der Waals surface area contributed by atoms with Crippen molar-refractivity contribution in [2.75, 3.05) is 24.6 Å². The van der Waals surface area contributed by atoms with Crippen LogP contribution in [0.25, 0.3) is 0 Å². The van der Waals surface area contributed by atoms with Gasteiger partial charge in [-0.3, -0.25) is 9.78 Å². The van der Waals surface area contributed by atoms with E-state index in [1.54, 1.807) is 0 Å². The molecule has 0 amide bonds. The van der Waals surface area contributed by atoms with Gasteiger partial charge in [0.25, 0.3) is 0 Å². The predicted molar refractivity (Wildman–Crippen MR) is 65.9 cm³/mol. The SMILES string of the molecule is CCOC(=O)CC1CN(c2ccnc(C)c2)C1. The summed E-state index contributed by atoms with van der Waals surface area (Å²) < 4.78 is 4.94. The van der Waals surface area contributed by atoms with Crippen LogP contribution in [0.3, 0.4) is 0 Å². The first kappa shape index (κ1) is 11.9. The molecule has 1 aliphatic heterocycles. The van der Waals surface area contributed by atoms with E-state index in [-0.39, 0.29) is 5.97 Å². The summed E-state index contributed by atoms with van der Waals surface area (Å²) in [7, 11) is 0. The van der Waals surface area contributed by atoms with Gasteiger partial charge in [0.05, 0.1) is 13.0 Å². The highest BCUT2D eigenvalue weighted by molar-refractivity contribution is 5.70. The van der Waals surface area contributed by atoms with Gasteiger partial charge in [-0.25, -0.2) is 0 Å². The summed E-state index contributed by atoms with van der Waals surface area (Å²) in [6, 6.07) is 4.08. The number of rotatable bonds is 4. The molecule has 0 saturated carbocycles. The van der Waals surface area contributed by atoms with Crippen LogP contribution in [0, 0.1) is 12.8 Å².